The van der Waals surface area contributed by atoms with E-state index in [1.807, 2.05) is 87.5 Å². The van der Waals surface area contributed by atoms with E-state index < -0.39 is 48.1 Å². The zero-order valence-corrected chi connectivity index (χ0v) is 52.0. The summed E-state index contributed by atoms with van der Waals surface area (Å²) in [5, 5.41) is 29.6. The number of carboxylic acids is 1. The minimum Gasteiger partial charge on any atom is -0.497 e. The molecule has 0 aliphatic carbocycles. The molecule has 19 heteroatoms. The summed E-state index contributed by atoms with van der Waals surface area (Å²) in [7, 11) is 4.59. The van der Waals surface area contributed by atoms with E-state index in [-0.39, 0.29) is 28.5 Å². The van der Waals surface area contributed by atoms with Gasteiger partial charge in [-0.1, -0.05) is 74.3 Å². The number of aliphatic hydroxyl groups is 1. The van der Waals surface area contributed by atoms with Crippen LogP contribution in [0.2, 0.25) is 0 Å². The minimum atomic E-state index is -1.38. The molecule has 18 nitrogen and oxygen atoms in total. The summed E-state index contributed by atoms with van der Waals surface area (Å²) in [4.78, 5) is 79.7. The second-order valence-electron chi connectivity index (χ2n) is 22.0. The fraction of sp³-hybridized carbons (Fsp3) is 0.382. The zero-order chi connectivity index (χ0) is 63.6. The van der Waals surface area contributed by atoms with E-state index in [9.17, 15) is 33.9 Å². The van der Waals surface area contributed by atoms with Crippen molar-refractivity contribution in [3.05, 3.63) is 161 Å². The number of nitrogens with zero attached hydrogens (tertiary/aromatic N) is 2. The predicted octanol–water partition coefficient (Wildman–Crippen LogP) is 10.3. The van der Waals surface area contributed by atoms with Crippen molar-refractivity contribution in [3.63, 3.8) is 0 Å². The topological polar surface area (TPSA) is 229 Å². The molecule has 2 saturated heterocycles. The highest BCUT2D eigenvalue weighted by Gasteiger charge is 2.30. The van der Waals surface area contributed by atoms with E-state index in [2.05, 4.69) is 40.2 Å². The van der Waals surface area contributed by atoms with E-state index in [0.29, 0.717) is 77.6 Å². The van der Waals surface area contributed by atoms with Gasteiger partial charge >= 0.3 is 23.9 Å². The molecule has 2 amide bonds. The number of hydrogen-bond donors (Lipinski definition) is 4. The third-order valence-corrected chi connectivity index (χ3v) is 15.4. The van der Waals surface area contributed by atoms with Gasteiger partial charge < -0.3 is 54.2 Å². The molecule has 0 bridgehead atoms. The lowest BCUT2D eigenvalue weighted by Crippen LogP contribution is -2.45. The number of ether oxygens (including phenoxy) is 6. The summed E-state index contributed by atoms with van der Waals surface area (Å²) in [6, 6.07) is 27.3. The molecular formula is C68H81ClN4O14. The summed E-state index contributed by atoms with van der Waals surface area (Å²) in [6.45, 7) is 27.4. The van der Waals surface area contributed by atoms with E-state index in [0.717, 1.165) is 88.9 Å². The maximum atomic E-state index is 13.1. The van der Waals surface area contributed by atoms with Crippen molar-refractivity contribution in [2.24, 2.45) is 0 Å². The molecule has 2 unspecified atom stereocenters. The van der Waals surface area contributed by atoms with Gasteiger partial charge in [-0.3, -0.25) is 14.5 Å². The van der Waals surface area contributed by atoms with Gasteiger partial charge in [0.1, 0.15) is 17.2 Å². The summed E-state index contributed by atoms with van der Waals surface area (Å²) >= 11 is 6.23. The van der Waals surface area contributed by atoms with Crippen LogP contribution in [0.1, 0.15) is 94.2 Å². The molecule has 0 spiro atoms. The first kappa shape index (κ1) is 67.8. The van der Waals surface area contributed by atoms with Crippen molar-refractivity contribution in [1.82, 2.24) is 20.4 Å². The normalized spacial score (nSPS) is 16.0. The highest BCUT2D eigenvalue weighted by molar-refractivity contribution is 6.20. The number of aliphatic carboxylic acids is 1. The highest BCUT2D eigenvalue weighted by atomic mass is 35.5. The molecular weight excluding hydrogens is 1130 g/mol. The Labute approximate surface area is 514 Å². The average molecular weight is 1210 g/mol. The number of alkyl halides is 1. The lowest BCUT2D eigenvalue weighted by Gasteiger charge is -2.30. The highest BCUT2D eigenvalue weighted by Crippen LogP contribution is 2.32. The van der Waals surface area contributed by atoms with Crippen LogP contribution in [-0.4, -0.2) is 159 Å². The number of amides is 2. The number of halogens is 1. The van der Waals surface area contributed by atoms with Gasteiger partial charge in [0.15, 0.2) is 0 Å². The zero-order valence-electron chi connectivity index (χ0n) is 51.2. The lowest BCUT2D eigenvalue weighted by atomic mass is 10.00. The van der Waals surface area contributed by atoms with Gasteiger partial charge in [0.05, 0.1) is 44.1 Å². The van der Waals surface area contributed by atoms with Gasteiger partial charge in [0.25, 0.3) is 11.8 Å². The molecule has 0 radical (unpaired) electrons. The molecule has 0 saturated carbocycles. The number of hydrogen-bond acceptors (Lipinski definition) is 15. The number of esters is 3. The number of β-amino-alcohol motifs (C(OH)–C–C–N with tert-alkyl or cyclic N) is 1. The van der Waals surface area contributed by atoms with Crippen molar-refractivity contribution >= 4 is 79.6 Å². The van der Waals surface area contributed by atoms with Crippen LogP contribution < -0.4 is 24.8 Å². The van der Waals surface area contributed by atoms with Crippen LogP contribution in [-0.2, 0) is 28.6 Å². The van der Waals surface area contributed by atoms with Crippen molar-refractivity contribution < 1.29 is 67.4 Å². The third-order valence-electron chi connectivity index (χ3n) is 15.0. The number of carbonyl (C=O) groups is 6. The monoisotopic (exact) mass is 1210 g/mol. The minimum absolute atomic E-state index is 0.157. The maximum Gasteiger partial charge on any atom is 0.349 e. The molecule has 6 aromatic carbocycles. The molecule has 2 heterocycles. The van der Waals surface area contributed by atoms with E-state index in [1.165, 1.54) is 14.0 Å². The second-order valence-corrected chi connectivity index (χ2v) is 22.6. The smallest absolute Gasteiger partial charge is 0.349 e. The van der Waals surface area contributed by atoms with Gasteiger partial charge in [-0.2, -0.15) is 0 Å². The Bertz CT molecular complexity index is 3350. The summed E-state index contributed by atoms with van der Waals surface area (Å²) < 4.78 is 32.3. The Morgan fingerprint density at radius 2 is 0.885 bits per heavy atom. The van der Waals surface area contributed by atoms with E-state index in [1.54, 1.807) is 52.3 Å². The lowest BCUT2D eigenvalue weighted by molar-refractivity contribution is -0.145. The Morgan fingerprint density at radius 3 is 1.21 bits per heavy atom. The molecule has 5 atom stereocenters. The second kappa shape index (κ2) is 31.9. The van der Waals surface area contributed by atoms with Gasteiger partial charge in [-0.05, 0) is 182 Å². The Morgan fingerprint density at radius 1 is 0.540 bits per heavy atom. The van der Waals surface area contributed by atoms with Crippen LogP contribution in [0, 0.1) is 20.8 Å². The van der Waals surface area contributed by atoms with Crippen molar-refractivity contribution in [2.75, 3.05) is 73.7 Å². The number of likely N-dealkylation sites (tertiary alicyclic amines) is 2. The fourth-order valence-corrected chi connectivity index (χ4v) is 10.7. The molecule has 464 valence electrons. The molecule has 4 N–H and O–H groups in total. The van der Waals surface area contributed by atoms with Crippen LogP contribution in [0.5, 0.6) is 17.2 Å². The molecule has 2 fully saturated rings. The van der Waals surface area contributed by atoms with Crippen LogP contribution in [0.4, 0.5) is 0 Å². The predicted molar refractivity (Wildman–Crippen MR) is 338 cm³/mol. The number of piperidine rings is 2. The van der Waals surface area contributed by atoms with Crippen LogP contribution in [0.25, 0.3) is 32.3 Å². The molecule has 6 aromatic rings. The summed E-state index contributed by atoms with van der Waals surface area (Å²) in [5.74, 6) is -2.39. The van der Waals surface area contributed by atoms with Gasteiger partial charge in [0, 0.05) is 44.6 Å². The SMILES string of the molecule is C=C(C)[C@H](OC(=O)c1cc(OC)cc2c(C)cccc12)C(=O)NCCN1CCCC(Cl)C1.C=C(C)[C@H](OC(=O)c1cc(OC)cc2c(C)cccc12)C(=O)NCCN1CCCC(O)C1.C=C(C)[C@H](OC(=O)c1cc(OC)cc2c(C)cccc12)C(=O)O. The third kappa shape index (κ3) is 18.4. The molecule has 0 aromatic heterocycles. The largest absolute Gasteiger partial charge is 0.497 e. The van der Waals surface area contributed by atoms with Crippen LogP contribution >= 0.6 is 11.6 Å². The van der Waals surface area contributed by atoms with Crippen LogP contribution in [0.3, 0.4) is 0 Å². The average Bonchev–Trinajstić information content (AvgIpc) is 1.60. The Kier molecular flexibility index (Phi) is 24.9. The molecule has 8 rings (SSSR count). The van der Waals surface area contributed by atoms with Gasteiger partial charge in [0.2, 0.25) is 18.3 Å². The first-order valence-electron chi connectivity index (χ1n) is 28.8. The molecule has 2 aliphatic rings. The number of aliphatic hydroxyl groups excluding tert-OH is 1. The standard InChI is InChI=1S/C25H31ClN2O4.C25H32N2O5.C18H18O5/c1-16(2)23(24(29)27-10-12-28-11-6-8-18(26)15-28)32-25(30)22-14-19(31-4)13-21-17(3)7-5-9-20(21)22;1-16(2)23(24(29)26-10-12-27-11-6-8-18(28)15-27)32-25(30)22-14-19(31-4)13-21-17(3)7-5-9-20(21)22;1-10(2)16(17(19)20)23-18(21)15-9-12(22-4)8-14-11(3)6-5-7-13(14)15/h5,7,9,13-14,18,23H,1,6,8,10-12,15H2,2-4H3,(H,27,29);5,7,9,13-14,18,23,28H,1,6,8,10-12,15H2,2-4H3,(H,26,29);5-9,16H,1H2,2-4H3,(H,19,20)/t2*18?,23-;16-/m000/s1. The number of rotatable bonds is 21. The summed E-state index contributed by atoms with van der Waals surface area (Å²) in [5.41, 5.74) is 5.09. The van der Waals surface area contributed by atoms with Gasteiger partial charge in [-0.15, -0.1) is 11.6 Å². The van der Waals surface area contributed by atoms with Crippen molar-refractivity contribution in [1.29, 1.82) is 0 Å². The van der Waals surface area contributed by atoms with E-state index >= 15 is 0 Å². The van der Waals surface area contributed by atoms with Gasteiger partial charge in [-0.25, -0.2) is 19.2 Å². The fourth-order valence-electron chi connectivity index (χ4n) is 10.3. The first-order valence-corrected chi connectivity index (χ1v) is 29.2. The number of nitrogens with one attached hydrogen (secondary N) is 2. The maximum absolute atomic E-state index is 13.1. The molecule has 2 aliphatic heterocycles. The Hall–Kier alpha value is -8.29. The first-order chi connectivity index (χ1) is 41.4. The number of aryl methyl sites for hydroxylation is 3. The number of carboxylic acid groups (broad SMARTS) is 1. The van der Waals surface area contributed by atoms with Crippen molar-refractivity contribution in [2.45, 2.75) is 97.0 Å². The number of fused-ring (bicyclic) bond motifs is 3. The Balaban J connectivity index is 0.000000212. The number of methoxy groups -OCH3 is 3. The number of carbonyl (C=O) groups excluding carboxylic acids is 5. The van der Waals surface area contributed by atoms with E-state index in [4.69, 9.17) is 45.1 Å². The van der Waals surface area contributed by atoms with Crippen molar-refractivity contribution in [3.8, 4) is 17.2 Å². The van der Waals surface area contributed by atoms with Crippen LogP contribution in [0.15, 0.2) is 127 Å². The molecule has 87 heavy (non-hydrogen) atoms. The quantitative estimate of drug-likeness (QED) is 0.0227. The number of benzene rings is 6. The summed E-state index contributed by atoms with van der Waals surface area (Å²) in [6.07, 6.45) is -0.0300.